The standard InChI is InChI=1S/C10H15N3OS.ClH/c1-2-9-13-7(6-15-9)5-12-10(14)8-3-4-11-8;/h6,8,11H,2-5H2,1H3,(H,12,14);1H. The molecule has 4 nitrogen and oxygen atoms in total. The van der Waals surface area contributed by atoms with Crippen molar-refractivity contribution >= 4 is 29.7 Å². The minimum atomic E-state index is 0. The molecule has 90 valence electrons. The number of nitrogens with one attached hydrogen (secondary N) is 2. The Morgan fingerprint density at radius 3 is 3.00 bits per heavy atom. The van der Waals surface area contributed by atoms with Gasteiger partial charge in [0.15, 0.2) is 0 Å². The Balaban J connectivity index is 0.00000128. The fraction of sp³-hybridized carbons (Fsp3) is 0.600. The lowest BCUT2D eigenvalue weighted by molar-refractivity contribution is -0.124. The summed E-state index contributed by atoms with van der Waals surface area (Å²) >= 11 is 1.65. The Bertz CT molecular complexity index is 352. The van der Waals surface area contributed by atoms with E-state index in [1.165, 1.54) is 0 Å². The van der Waals surface area contributed by atoms with Crippen molar-refractivity contribution in [2.75, 3.05) is 6.54 Å². The summed E-state index contributed by atoms with van der Waals surface area (Å²) in [5.74, 6) is 0.0901. The van der Waals surface area contributed by atoms with E-state index >= 15 is 0 Å². The molecule has 2 N–H and O–H groups in total. The van der Waals surface area contributed by atoms with Gasteiger partial charge in [0.25, 0.3) is 0 Å². The van der Waals surface area contributed by atoms with Crippen LogP contribution in [0.2, 0.25) is 0 Å². The molecule has 6 heteroatoms. The van der Waals surface area contributed by atoms with Crippen molar-refractivity contribution in [1.82, 2.24) is 15.6 Å². The van der Waals surface area contributed by atoms with Crippen molar-refractivity contribution in [3.63, 3.8) is 0 Å². The van der Waals surface area contributed by atoms with E-state index in [1.54, 1.807) is 11.3 Å². The summed E-state index contributed by atoms with van der Waals surface area (Å²) in [6.45, 7) is 3.59. The summed E-state index contributed by atoms with van der Waals surface area (Å²) in [5, 5.41) is 9.08. The van der Waals surface area contributed by atoms with Gasteiger partial charge >= 0.3 is 0 Å². The van der Waals surface area contributed by atoms with Crippen LogP contribution in [0, 0.1) is 0 Å². The number of amides is 1. The van der Waals surface area contributed by atoms with Gasteiger partial charge in [-0.2, -0.15) is 0 Å². The van der Waals surface area contributed by atoms with E-state index in [-0.39, 0.29) is 24.4 Å². The Morgan fingerprint density at radius 2 is 2.50 bits per heavy atom. The molecule has 1 saturated heterocycles. The van der Waals surface area contributed by atoms with Crippen LogP contribution in [0.4, 0.5) is 0 Å². The summed E-state index contributed by atoms with van der Waals surface area (Å²) in [4.78, 5) is 15.9. The second kappa shape index (κ2) is 6.18. The van der Waals surface area contributed by atoms with E-state index in [0.717, 1.165) is 30.1 Å². The predicted octanol–water partition coefficient (Wildman–Crippen LogP) is 1.11. The second-order valence-electron chi connectivity index (χ2n) is 3.60. The summed E-state index contributed by atoms with van der Waals surface area (Å²) in [6.07, 6.45) is 1.91. The van der Waals surface area contributed by atoms with Crippen LogP contribution in [0.25, 0.3) is 0 Å². The van der Waals surface area contributed by atoms with Gasteiger partial charge in [-0.3, -0.25) is 4.79 Å². The molecule has 0 bridgehead atoms. The summed E-state index contributed by atoms with van der Waals surface area (Å²) < 4.78 is 0. The lowest BCUT2D eigenvalue weighted by Gasteiger charge is -2.25. The van der Waals surface area contributed by atoms with Crippen LogP contribution >= 0.6 is 23.7 Å². The van der Waals surface area contributed by atoms with Gasteiger partial charge in [-0.1, -0.05) is 6.92 Å². The quantitative estimate of drug-likeness (QED) is 0.854. The molecule has 16 heavy (non-hydrogen) atoms. The molecule has 0 aromatic carbocycles. The molecule has 1 fully saturated rings. The first-order chi connectivity index (χ1) is 7.29. The minimum absolute atomic E-state index is 0. The van der Waals surface area contributed by atoms with Gasteiger partial charge in [-0.25, -0.2) is 4.98 Å². The molecule has 1 amide bonds. The maximum absolute atomic E-state index is 11.5. The van der Waals surface area contributed by atoms with Crippen LogP contribution in [0.3, 0.4) is 0 Å². The van der Waals surface area contributed by atoms with Gasteiger partial charge in [-0.15, -0.1) is 23.7 Å². The van der Waals surface area contributed by atoms with E-state index in [9.17, 15) is 4.79 Å². The zero-order chi connectivity index (χ0) is 10.7. The van der Waals surface area contributed by atoms with Crippen LogP contribution in [-0.4, -0.2) is 23.5 Å². The molecule has 1 unspecified atom stereocenters. The van der Waals surface area contributed by atoms with E-state index in [0.29, 0.717) is 6.54 Å². The number of carbonyl (C=O) groups is 1. The number of halogens is 1. The third-order valence-corrected chi connectivity index (χ3v) is 3.53. The molecule has 1 aliphatic rings. The van der Waals surface area contributed by atoms with Crippen molar-refractivity contribution in [3.05, 3.63) is 16.1 Å². The molecule has 1 aromatic heterocycles. The number of hydrogen-bond donors (Lipinski definition) is 2. The fourth-order valence-electron chi connectivity index (χ4n) is 1.41. The fourth-order valence-corrected chi connectivity index (χ4v) is 2.15. The molecule has 2 rings (SSSR count). The van der Waals surface area contributed by atoms with Gasteiger partial charge < -0.3 is 10.6 Å². The van der Waals surface area contributed by atoms with Gasteiger partial charge in [0.1, 0.15) is 0 Å². The monoisotopic (exact) mass is 261 g/mol. The third-order valence-electron chi connectivity index (χ3n) is 2.49. The number of hydrogen-bond acceptors (Lipinski definition) is 4. The van der Waals surface area contributed by atoms with Crippen LogP contribution in [-0.2, 0) is 17.8 Å². The highest BCUT2D eigenvalue weighted by Crippen LogP contribution is 2.10. The molecule has 1 aliphatic heterocycles. The van der Waals surface area contributed by atoms with E-state index in [1.807, 2.05) is 5.38 Å². The third kappa shape index (κ3) is 3.17. The maximum Gasteiger partial charge on any atom is 0.237 e. The zero-order valence-electron chi connectivity index (χ0n) is 9.16. The highest BCUT2D eigenvalue weighted by Gasteiger charge is 2.23. The van der Waals surface area contributed by atoms with Gasteiger partial charge in [0.2, 0.25) is 5.91 Å². The number of aromatic nitrogens is 1. The number of thiazole rings is 1. The normalized spacial score (nSPS) is 18.4. The molecule has 2 heterocycles. The van der Waals surface area contributed by atoms with Crippen molar-refractivity contribution in [2.45, 2.75) is 32.4 Å². The molecule has 0 spiro atoms. The average molecular weight is 262 g/mol. The highest BCUT2D eigenvalue weighted by atomic mass is 35.5. The molecule has 1 atom stereocenters. The number of nitrogens with zero attached hydrogens (tertiary/aromatic N) is 1. The summed E-state index contributed by atoms with van der Waals surface area (Å²) in [5.41, 5.74) is 0.963. The van der Waals surface area contributed by atoms with Crippen molar-refractivity contribution in [3.8, 4) is 0 Å². The Labute approximate surface area is 105 Å². The first-order valence-electron chi connectivity index (χ1n) is 5.24. The molecule has 0 saturated carbocycles. The number of carbonyl (C=O) groups excluding carboxylic acids is 1. The average Bonchev–Trinajstić information content (AvgIpc) is 2.59. The van der Waals surface area contributed by atoms with Crippen LogP contribution < -0.4 is 10.6 Å². The highest BCUT2D eigenvalue weighted by molar-refractivity contribution is 7.09. The van der Waals surface area contributed by atoms with Crippen molar-refractivity contribution in [2.24, 2.45) is 0 Å². The topological polar surface area (TPSA) is 54.0 Å². The van der Waals surface area contributed by atoms with Gasteiger partial charge in [-0.05, 0) is 19.4 Å². The van der Waals surface area contributed by atoms with Crippen LogP contribution in [0.5, 0.6) is 0 Å². The van der Waals surface area contributed by atoms with Crippen molar-refractivity contribution < 1.29 is 4.79 Å². The lowest BCUT2D eigenvalue weighted by Crippen LogP contribution is -2.52. The Hall–Kier alpha value is -0.650. The summed E-state index contributed by atoms with van der Waals surface area (Å²) in [7, 11) is 0. The zero-order valence-corrected chi connectivity index (χ0v) is 10.8. The van der Waals surface area contributed by atoms with Gasteiger partial charge in [0, 0.05) is 5.38 Å². The smallest absolute Gasteiger partial charge is 0.237 e. The largest absolute Gasteiger partial charge is 0.349 e. The lowest BCUT2D eigenvalue weighted by atomic mass is 10.1. The van der Waals surface area contributed by atoms with Crippen LogP contribution in [0.15, 0.2) is 5.38 Å². The maximum atomic E-state index is 11.5. The molecule has 0 radical (unpaired) electrons. The second-order valence-corrected chi connectivity index (χ2v) is 4.54. The molecule has 0 aliphatic carbocycles. The van der Waals surface area contributed by atoms with Crippen LogP contribution in [0.1, 0.15) is 24.0 Å². The first-order valence-corrected chi connectivity index (χ1v) is 6.12. The number of rotatable bonds is 4. The predicted molar refractivity (Wildman–Crippen MR) is 67.0 cm³/mol. The Morgan fingerprint density at radius 1 is 1.75 bits per heavy atom. The van der Waals surface area contributed by atoms with E-state index in [4.69, 9.17) is 0 Å². The molecule has 1 aromatic rings. The SMILES string of the molecule is CCc1nc(CNC(=O)C2CCN2)cs1.Cl. The number of aryl methyl sites for hydroxylation is 1. The molecular weight excluding hydrogens is 246 g/mol. The first kappa shape index (κ1) is 13.4. The van der Waals surface area contributed by atoms with E-state index < -0.39 is 0 Å². The molecular formula is C10H16ClN3OS. The van der Waals surface area contributed by atoms with Crippen molar-refractivity contribution in [1.29, 1.82) is 0 Å². The minimum Gasteiger partial charge on any atom is -0.349 e. The van der Waals surface area contributed by atoms with Gasteiger partial charge in [0.05, 0.1) is 23.3 Å². The van der Waals surface area contributed by atoms with E-state index in [2.05, 4.69) is 22.5 Å². The Kier molecular flexibility index (Phi) is 5.18. The summed E-state index contributed by atoms with van der Waals surface area (Å²) in [6, 6.07) is 0.0225.